The van der Waals surface area contributed by atoms with Gasteiger partial charge in [0.05, 0.1) is 0 Å². The van der Waals surface area contributed by atoms with Crippen LogP contribution in [0.5, 0.6) is 0 Å². The maximum absolute atomic E-state index is 6.68. The first-order valence-electron chi connectivity index (χ1n) is 17.8. The van der Waals surface area contributed by atoms with Crippen LogP contribution < -0.4 is 4.90 Å². The molecule has 1 heterocycles. The molecule has 0 amide bonds. The van der Waals surface area contributed by atoms with E-state index in [9.17, 15) is 0 Å². The lowest BCUT2D eigenvalue weighted by molar-refractivity contribution is 0.672. The van der Waals surface area contributed by atoms with Gasteiger partial charge in [-0.25, -0.2) is 0 Å². The number of hydrogen-bond donors (Lipinski definition) is 0. The molecular formula is C50H31NO. The molecular weight excluding hydrogens is 631 g/mol. The van der Waals surface area contributed by atoms with Crippen LogP contribution in [0.1, 0.15) is 0 Å². The van der Waals surface area contributed by atoms with Gasteiger partial charge in [0.2, 0.25) is 0 Å². The van der Waals surface area contributed by atoms with Crippen LogP contribution in [0.15, 0.2) is 192 Å². The van der Waals surface area contributed by atoms with E-state index in [1.165, 1.54) is 59.6 Å². The molecule has 0 aliphatic heterocycles. The summed E-state index contributed by atoms with van der Waals surface area (Å²) in [4.78, 5) is 2.36. The van der Waals surface area contributed by atoms with Crippen molar-refractivity contribution in [1.29, 1.82) is 0 Å². The molecule has 0 spiro atoms. The van der Waals surface area contributed by atoms with Crippen molar-refractivity contribution in [2.75, 3.05) is 4.90 Å². The van der Waals surface area contributed by atoms with Crippen LogP contribution in [0.3, 0.4) is 0 Å². The molecule has 0 bridgehead atoms. The fourth-order valence-corrected chi connectivity index (χ4v) is 8.29. The Morgan fingerprint density at radius 1 is 0.308 bits per heavy atom. The normalized spacial score (nSPS) is 11.8. The van der Waals surface area contributed by atoms with Crippen LogP contribution in [0.2, 0.25) is 0 Å². The highest BCUT2D eigenvalue weighted by molar-refractivity contribution is 6.16. The predicted molar refractivity (Wildman–Crippen MR) is 221 cm³/mol. The minimum atomic E-state index is 0.874. The maximum atomic E-state index is 6.68. The summed E-state index contributed by atoms with van der Waals surface area (Å²) in [6.45, 7) is 0. The smallest absolute Gasteiger partial charge is 0.143 e. The number of benzene rings is 10. The minimum Gasteiger partial charge on any atom is -0.455 e. The molecule has 0 atom stereocenters. The van der Waals surface area contributed by atoms with Gasteiger partial charge in [0.1, 0.15) is 11.2 Å². The summed E-state index contributed by atoms with van der Waals surface area (Å²) in [7, 11) is 0. The van der Waals surface area contributed by atoms with Gasteiger partial charge < -0.3 is 9.32 Å². The Hall–Kier alpha value is -6.90. The zero-order valence-corrected chi connectivity index (χ0v) is 28.3. The fourth-order valence-electron chi connectivity index (χ4n) is 8.29. The molecule has 11 aromatic rings. The Labute approximate surface area is 300 Å². The fraction of sp³-hybridized carbons (Fsp3) is 0. The molecule has 0 aliphatic carbocycles. The van der Waals surface area contributed by atoms with Crippen molar-refractivity contribution in [1.82, 2.24) is 0 Å². The van der Waals surface area contributed by atoms with Crippen LogP contribution >= 0.6 is 0 Å². The first-order chi connectivity index (χ1) is 25.8. The first-order valence-corrected chi connectivity index (χ1v) is 17.8. The Morgan fingerprint density at radius 2 is 0.827 bits per heavy atom. The molecule has 0 saturated carbocycles. The third kappa shape index (κ3) is 4.44. The SMILES string of the molecule is c1ccc2c(c1)ccc1ccc(N(c3ccc(-c4cc5ccccc5c5ccccc45)cc3)c3ccc4c(c3)oc3c5ccccc5ccc43)cc12. The van der Waals surface area contributed by atoms with Crippen molar-refractivity contribution in [3.63, 3.8) is 0 Å². The molecule has 242 valence electrons. The summed E-state index contributed by atoms with van der Waals surface area (Å²) >= 11 is 0. The van der Waals surface area contributed by atoms with E-state index < -0.39 is 0 Å². The lowest BCUT2D eigenvalue weighted by Gasteiger charge is -2.26. The van der Waals surface area contributed by atoms with E-state index in [-0.39, 0.29) is 0 Å². The van der Waals surface area contributed by atoms with Crippen molar-refractivity contribution in [3.05, 3.63) is 188 Å². The van der Waals surface area contributed by atoms with Gasteiger partial charge in [0.15, 0.2) is 0 Å². The number of rotatable bonds is 4. The number of fused-ring (bicyclic) bond motifs is 11. The van der Waals surface area contributed by atoms with Gasteiger partial charge in [0.25, 0.3) is 0 Å². The summed E-state index contributed by atoms with van der Waals surface area (Å²) in [6.07, 6.45) is 0. The second kappa shape index (κ2) is 11.3. The van der Waals surface area contributed by atoms with E-state index >= 15 is 0 Å². The van der Waals surface area contributed by atoms with Crippen LogP contribution in [0.4, 0.5) is 17.1 Å². The topological polar surface area (TPSA) is 16.4 Å². The summed E-state index contributed by atoms with van der Waals surface area (Å²) in [5, 5.41) is 14.6. The summed E-state index contributed by atoms with van der Waals surface area (Å²) < 4.78 is 6.68. The van der Waals surface area contributed by atoms with Gasteiger partial charge in [-0.2, -0.15) is 0 Å². The summed E-state index contributed by atoms with van der Waals surface area (Å²) in [5.74, 6) is 0. The van der Waals surface area contributed by atoms with Crippen molar-refractivity contribution in [2.45, 2.75) is 0 Å². The second-order valence-electron chi connectivity index (χ2n) is 13.7. The third-order valence-electron chi connectivity index (χ3n) is 10.8. The zero-order chi connectivity index (χ0) is 34.2. The van der Waals surface area contributed by atoms with E-state index in [0.29, 0.717) is 0 Å². The molecule has 2 nitrogen and oxygen atoms in total. The highest BCUT2D eigenvalue weighted by Gasteiger charge is 2.18. The molecule has 0 fully saturated rings. The van der Waals surface area contributed by atoms with E-state index in [4.69, 9.17) is 4.42 Å². The van der Waals surface area contributed by atoms with E-state index in [2.05, 4.69) is 193 Å². The van der Waals surface area contributed by atoms with E-state index in [0.717, 1.165) is 44.4 Å². The Balaban J connectivity index is 1.11. The van der Waals surface area contributed by atoms with Crippen molar-refractivity contribution in [3.8, 4) is 11.1 Å². The lowest BCUT2D eigenvalue weighted by atomic mass is 9.93. The molecule has 0 saturated heterocycles. The quantitative estimate of drug-likeness (QED) is 0.175. The van der Waals surface area contributed by atoms with Crippen LogP contribution in [0, 0.1) is 0 Å². The summed E-state index contributed by atoms with van der Waals surface area (Å²) in [5.41, 5.74) is 7.44. The van der Waals surface area contributed by atoms with Gasteiger partial charge >= 0.3 is 0 Å². The molecule has 11 rings (SSSR count). The number of anilines is 3. The average molecular weight is 662 g/mol. The van der Waals surface area contributed by atoms with Gasteiger partial charge in [-0.1, -0.05) is 133 Å². The predicted octanol–water partition coefficient (Wildman–Crippen LogP) is 14.5. The number of nitrogens with zero attached hydrogens (tertiary/aromatic N) is 1. The molecule has 0 aliphatic rings. The number of furan rings is 1. The molecule has 2 heteroatoms. The molecule has 10 aromatic carbocycles. The highest BCUT2D eigenvalue weighted by atomic mass is 16.3. The van der Waals surface area contributed by atoms with Crippen molar-refractivity contribution in [2.24, 2.45) is 0 Å². The molecule has 52 heavy (non-hydrogen) atoms. The zero-order valence-electron chi connectivity index (χ0n) is 28.3. The standard InChI is InChI=1S/C50H31NO/c1-4-12-40-32(9-1)17-18-34-21-25-38(30-48(34)40)51(39-26-28-45-46-27-22-33-10-2-6-14-42(33)50(46)52-49(45)31-39)37-23-19-35(20-24-37)47-29-36-11-3-5-13-41(36)43-15-7-8-16-44(43)47/h1-31H. The largest absolute Gasteiger partial charge is 0.455 e. The monoisotopic (exact) mass is 661 g/mol. The minimum absolute atomic E-state index is 0.874. The third-order valence-corrected chi connectivity index (χ3v) is 10.8. The Bertz CT molecular complexity index is 3190. The van der Waals surface area contributed by atoms with Gasteiger partial charge in [-0.05, 0) is 108 Å². The van der Waals surface area contributed by atoms with Gasteiger partial charge in [-0.15, -0.1) is 0 Å². The van der Waals surface area contributed by atoms with Crippen LogP contribution in [0.25, 0.3) is 86.9 Å². The lowest BCUT2D eigenvalue weighted by Crippen LogP contribution is -2.09. The number of hydrogen-bond acceptors (Lipinski definition) is 2. The first kappa shape index (κ1) is 28.9. The van der Waals surface area contributed by atoms with Gasteiger partial charge in [0, 0.05) is 39.3 Å². The van der Waals surface area contributed by atoms with Crippen LogP contribution in [-0.2, 0) is 0 Å². The molecule has 0 N–H and O–H groups in total. The van der Waals surface area contributed by atoms with Crippen molar-refractivity contribution >= 4 is 92.9 Å². The van der Waals surface area contributed by atoms with Crippen molar-refractivity contribution < 1.29 is 4.42 Å². The van der Waals surface area contributed by atoms with E-state index in [1.54, 1.807) is 0 Å². The Kier molecular flexibility index (Phi) is 6.28. The molecule has 0 unspecified atom stereocenters. The maximum Gasteiger partial charge on any atom is 0.143 e. The molecule has 1 aromatic heterocycles. The highest BCUT2D eigenvalue weighted by Crippen LogP contribution is 2.43. The molecule has 0 radical (unpaired) electrons. The summed E-state index contributed by atoms with van der Waals surface area (Å²) in [6, 6.07) is 68.1. The van der Waals surface area contributed by atoms with Crippen LogP contribution in [-0.4, -0.2) is 0 Å². The average Bonchev–Trinajstić information content (AvgIpc) is 3.59. The second-order valence-corrected chi connectivity index (χ2v) is 13.7. The van der Waals surface area contributed by atoms with Gasteiger partial charge in [-0.3, -0.25) is 0 Å². The van der Waals surface area contributed by atoms with E-state index in [1.807, 2.05) is 0 Å². The Morgan fingerprint density at radius 3 is 1.62 bits per heavy atom.